The van der Waals surface area contributed by atoms with Crippen LogP contribution in [0.4, 0.5) is 5.00 Å². The zero-order valence-electron chi connectivity index (χ0n) is 12.1. The molecule has 1 aliphatic carbocycles. The molecule has 0 spiro atoms. The molecule has 0 atom stereocenters. The van der Waals surface area contributed by atoms with Gasteiger partial charge in [0.1, 0.15) is 5.00 Å². The first-order chi connectivity index (χ1) is 10.6. The number of carboxylic acid groups (broad SMARTS) is 1. The molecule has 22 heavy (non-hydrogen) atoms. The van der Waals surface area contributed by atoms with Crippen LogP contribution in [0, 0.1) is 0 Å². The van der Waals surface area contributed by atoms with Crippen molar-refractivity contribution in [1.82, 2.24) is 0 Å². The molecular weight excluding hydrogens is 298 g/mol. The van der Waals surface area contributed by atoms with E-state index in [1.807, 2.05) is 30.3 Å². The van der Waals surface area contributed by atoms with Gasteiger partial charge in [0, 0.05) is 16.9 Å². The van der Waals surface area contributed by atoms with Gasteiger partial charge < -0.3 is 15.2 Å². The van der Waals surface area contributed by atoms with E-state index in [-0.39, 0.29) is 11.5 Å². The number of anilines is 1. The molecule has 1 aromatic heterocycles. The highest BCUT2D eigenvalue weighted by Gasteiger charge is 2.23. The van der Waals surface area contributed by atoms with Gasteiger partial charge in [-0.2, -0.15) is 0 Å². The van der Waals surface area contributed by atoms with Crippen molar-refractivity contribution in [1.29, 1.82) is 0 Å². The molecular formula is C17H16NO3S-. The monoisotopic (exact) mass is 314 g/mol. The number of nitrogens with one attached hydrogen (secondary N) is 1. The van der Waals surface area contributed by atoms with Crippen LogP contribution < -0.4 is 10.4 Å². The van der Waals surface area contributed by atoms with Gasteiger partial charge in [0.15, 0.2) is 0 Å². The fraction of sp³-hybridized carbons (Fsp3) is 0.294. The Kier molecular flexibility index (Phi) is 4.24. The molecule has 1 aliphatic rings. The molecule has 5 heteroatoms. The highest BCUT2D eigenvalue weighted by atomic mass is 32.1. The van der Waals surface area contributed by atoms with E-state index in [1.54, 1.807) is 0 Å². The smallest absolute Gasteiger partial charge is 0.225 e. The van der Waals surface area contributed by atoms with Crippen molar-refractivity contribution in [2.24, 2.45) is 0 Å². The number of thiophene rings is 1. The fourth-order valence-electron chi connectivity index (χ4n) is 2.80. The molecule has 2 aromatic rings. The standard InChI is InChI=1S/C17H17NO3S/c19-14(10-9-11-5-2-1-3-6-11)18-16-15(17(20)21)12-7-4-8-13(12)22-16/h1-3,5-6H,4,7-10H2,(H,18,19)(H,20,21)/p-1. The number of carbonyl (C=O) groups is 2. The molecule has 1 N–H and O–H groups in total. The van der Waals surface area contributed by atoms with Crippen LogP contribution in [0.25, 0.3) is 0 Å². The Balaban J connectivity index is 1.68. The third kappa shape index (κ3) is 3.04. The van der Waals surface area contributed by atoms with Crippen molar-refractivity contribution >= 4 is 28.2 Å². The van der Waals surface area contributed by atoms with Crippen molar-refractivity contribution in [2.45, 2.75) is 32.1 Å². The Morgan fingerprint density at radius 1 is 1.18 bits per heavy atom. The Morgan fingerprint density at radius 2 is 1.95 bits per heavy atom. The first kappa shape index (κ1) is 14.8. The van der Waals surface area contributed by atoms with Crippen molar-refractivity contribution < 1.29 is 14.7 Å². The van der Waals surface area contributed by atoms with Gasteiger partial charge in [-0.1, -0.05) is 30.3 Å². The number of aryl methyl sites for hydroxylation is 2. The molecule has 1 heterocycles. The first-order valence-corrected chi connectivity index (χ1v) is 8.16. The van der Waals surface area contributed by atoms with E-state index < -0.39 is 5.97 Å². The van der Waals surface area contributed by atoms with Crippen LogP contribution in [0.15, 0.2) is 30.3 Å². The number of aromatic carboxylic acids is 1. The van der Waals surface area contributed by atoms with Gasteiger partial charge in [0.2, 0.25) is 5.91 Å². The average molecular weight is 314 g/mol. The number of hydrogen-bond donors (Lipinski definition) is 1. The lowest BCUT2D eigenvalue weighted by molar-refractivity contribution is -0.254. The number of rotatable bonds is 5. The molecule has 1 aromatic carbocycles. The number of carboxylic acids is 1. The van der Waals surface area contributed by atoms with E-state index in [9.17, 15) is 14.7 Å². The Morgan fingerprint density at radius 3 is 2.68 bits per heavy atom. The van der Waals surface area contributed by atoms with Gasteiger partial charge in [-0.15, -0.1) is 11.3 Å². The molecule has 0 saturated heterocycles. The fourth-order valence-corrected chi connectivity index (χ4v) is 4.09. The maximum atomic E-state index is 12.1. The van der Waals surface area contributed by atoms with Gasteiger partial charge in [-0.3, -0.25) is 4.79 Å². The molecule has 0 unspecified atom stereocenters. The predicted molar refractivity (Wildman–Crippen MR) is 84.1 cm³/mol. The number of fused-ring (bicyclic) bond motifs is 1. The number of carbonyl (C=O) groups excluding carboxylic acids is 2. The van der Waals surface area contributed by atoms with E-state index in [1.165, 1.54) is 11.3 Å². The molecule has 0 fully saturated rings. The van der Waals surface area contributed by atoms with Crippen LogP contribution in [-0.4, -0.2) is 11.9 Å². The van der Waals surface area contributed by atoms with Gasteiger partial charge in [-0.25, -0.2) is 0 Å². The van der Waals surface area contributed by atoms with E-state index in [4.69, 9.17) is 0 Å². The third-order valence-electron chi connectivity index (χ3n) is 3.86. The largest absolute Gasteiger partial charge is 0.545 e. The lowest BCUT2D eigenvalue weighted by Crippen LogP contribution is -2.25. The van der Waals surface area contributed by atoms with Gasteiger partial charge in [0.05, 0.1) is 5.97 Å². The average Bonchev–Trinajstić information content (AvgIpc) is 3.06. The Bertz CT molecular complexity index is 706. The zero-order chi connectivity index (χ0) is 15.5. The van der Waals surface area contributed by atoms with Crippen molar-refractivity contribution in [3.63, 3.8) is 0 Å². The summed E-state index contributed by atoms with van der Waals surface area (Å²) in [6.45, 7) is 0. The SMILES string of the molecule is O=C(CCc1ccccc1)Nc1sc2c(c1C(=O)[O-])CCC2. The Labute approximate surface area is 132 Å². The summed E-state index contributed by atoms with van der Waals surface area (Å²) in [6, 6.07) is 9.75. The lowest BCUT2D eigenvalue weighted by Gasteiger charge is -2.09. The predicted octanol–water partition coefficient (Wildman–Crippen LogP) is 2.17. The lowest BCUT2D eigenvalue weighted by atomic mass is 10.1. The summed E-state index contributed by atoms with van der Waals surface area (Å²) in [6.07, 6.45) is 3.59. The molecule has 0 aliphatic heterocycles. The van der Waals surface area contributed by atoms with Crippen LogP contribution in [0.5, 0.6) is 0 Å². The normalized spacial score (nSPS) is 12.9. The second-order valence-electron chi connectivity index (χ2n) is 5.38. The number of benzene rings is 1. The Hall–Kier alpha value is -2.14. The topological polar surface area (TPSA) is 69.2 Å². The van der Waals surface area contributed by atoms with Crippen molar-refractivity contribution in [3.05, 3.63) is 51.9 Å². The molecule has 0 saturated carbocycles. The highest BCUT2D eigenvalue weighted by molar-refractivity contribution is 7.17. The quantitative estimate of drug-likeness (QED) is 0.919. The minimum Gasteiger partial charge on any atom is -0.545 e. The molecule has 0 radical (unpaired) electrons. The summed E-state index contributed by atoms with van der Waals surface area (Å²) in [4.78, 5) is 24.5. The van der Waals surface area contributed by atoms with Crippen LogP contribution in [0.3, 0.4) is 0 Å². The third-order valence-corrected chi connectivity index (χ3v) is 5.07. The van der Waals surface area contributed by atoms with E-state index in [0.29, 0.717) is 17.8 Å². The van der Waals surface area contributed by atoms with Crippen LogP contribution in [0.2, 0.25) is 0 Å². The number of hydrogen-bond acceptors (Lipinski definition) is 4. The maximum absolute atomic E-state index is 12.1. The van der Waals surface area contributed by atoms with Crippen molar-refractivity contribution in [2.75, 3.05) is 5.32 Å². The number of amides is 1. The molecule has 1 amide bonds. The van der Waals surface area contributed by atoms with Gasteiger partial charge in [-0.05, 0) is 36.8 Å². The van der Waals surface area contributed by atoms with Gasteiger partial charge >= 0.3 is 0 Å². The summed E-state index contributed by atoms with van der Waals surface area (Å²) in [7, 11) is 0. The minimum atomic E-state index is -1.20. The van der Waals surface area contributed by atoms with E-state index >= 15 is 0 Å². The second kappa shape index (κ2) is 6.32. The second-order valence-corrected chi connectivity index (χ2v) is 6.49. The summed E-state index contributed by atoms with van der Waals surface area (Å²) in [5.74, 6) is -1.36. The summed E-state index contributed by atoms with van der Waals surface area (Å²) >= 11 is 1.37. The van der Waals surface area contributed by atoms with Crippen molar-refractivity contribution in [3.8, 4) is 0 Å². The molecule has 3 rings (SSSR count). The van der Waals surface area contributed by atoms with E-state index in [0.717, 1.165) is 35.3 Å². The summed E-state index contributed by atoms with van der Waals surface area (Å²) in [5, 5.41) is 14.5. The summed E-state index contributed by atoms with van der Waals surface area (Å²) in [5.41, 5.74) is 2.13. The molecule has 114 valence electrons. The minimum absolute atomic E-state index is 0.161. The highest BCUT2D eigenvalue weighted by Crippen LogP contribution is 2.38. The van der Waals surface area contributed by atoms with Crippen LogP contribution >= 0.6 is 11.3 Å². The molecule has 4 nitrogen and oxygen atoms in total. The van der Waals surface area contributed by atoms with Crippen LogP contribution in [-0.2, 0) is 24.1 Å². The van der Waals surface area contributed by atoms with Gasteiger partial charge in [0.25, 0.3) is 0 Å². The summed E-state index contributed by atoms with van der Waals surface area (Å²) < 4.78 is 0. The van der Waals surface area contributed by atoms with E-state index in [2.05, 4.69) is 5.32 Å². The van der Waals surface area contributed by atoms with Crippen LogP contribution in [0.1, 0.15) is 39.2 Å². The first-order valence-electron chi connectivity index (χ1n) is 7.35. The molecule has 0 bridgehead atoms. The zero-order valence-corrected chi connectivity index (χ0v) is 12.9. The maximum Gasteiger partial charge on any atom is 0.225 e.